The van der Waals surface area contributed by atoms with Gasteiger partial charge < -0.3 is 20.3 Å². The predicted octanol–water partition coefficient (Wildman–Crippen LogP) is 4.41. The van der Waals surface area contributed by atoms with Crippen LogP contribution in [-0.2, 0) is 17.3 Å². The minimum atomic E-state index is -4.62. The van der Waals surface area contributed by atoms with E-state index in [0.29, 0.717) is 18.1 Å². The summed E-state index contributed by atoms with van der Waals surface area (Å²) in [6.07, 6.45) is -1.08. The van der Waals surface area contributed by atoms with Gasteiger partial charge in [-0.2, -0.15) is 18.3 Å². The molecule has 0 amide bonds. The average molecular weight is 504 g/mol. The molecular formula is C22H25ClF3N3O3S. The average Bonchev–Trinajstić information content (AvgIpc) is 2.79. The molecule has 0 spiro atoms. The van der Waals surface area contributed by atoms with Gasteiger partial charge in [-0.05, 0) is 48.6 Å². The molecule has 0 saturated carbocycles. The number of rotatable bonds is 11. The molecule has 6 nitrogen and oxygen atoms in total. The third-order valence-corrected chi connectivity index (χ3v) is 5.23. The Morgan fingerprint density at radius 2 is 1.91 bits per heavy atom. The quantitative estimate of drug-likeness (QED) is 0.205. The molecule has 0 aliphatic heterocycles. The summed E-state index contributed by atoms with van der Waals surface area (Å²) in [4.78, 5) is 0. The third kappa shape index (κ3) is 9.34. The first-order valence-electron chi connectivity index (χ1n) is 9.92. The predicted molar refractivity (Wildman–Crippen MR) is 127 cm³/mol. The molecule has 0 heterocycles. The van der Waals surface area contributed by atoms with Crippen LogP contribution in [0.1, 0.15) is 16.7 Å². The minimum absolute atomic E-state index is 0.0319. The lowest BCUT2D eigenvalue weighted by molar-refractivity contribution is -0.139. The van der Waals surface area contributed by atoms with Crippen molar-refractivity contribution in [3.8, 4) is 5.75 Å². The van der Waals surface area contributed by atoms with Crippen molar-refractivity contribution in [1.29, 1.82) is 0 Å². The molecule has 3 N–H and O–H groups in total. The van der Waals surface area contributed by atoms with Crippen molar-refractivity contribution in [3.05, 3.63) is 64.2 Å². The molecule has 11 heteroatoms. The molecule has 0 aromatic heterocycles. The Kier molecular flexibility index (Phi) is 11.2. The fraction of sp³-hybridized carbons (Fsp3) is 0.364. The smallest absolute Gasteiger partial charge is 0.419 e. The lowest BCUT2D eigenvalue weighted by Gasteiger charge is -2.15. The highest BCUT2D eigenvalue weighted by Crippen LogP contribution is 2.37. The fourth-order valence-electron chi connectivity index (χ4n) is 2.60. The van der Waals surface area contributed by atoms with Crippen LogP contribution in [0, 0.1) is 0 Å². The maximum atomic E-state index is 13.6. The molecule has 2 aromatic rings. The van der Waals surface area contributed by atoms with Crippen LogP contribution in [0.25, 0.3) is 0 Å². The Hall–Kier alpha value is -2.11. The highest BCUT2D eigenvalue weighted by Gasteiger charge is 2.35. The van der Waals surface area contributed by atoms with Crippen LogP contribution in [0.15, 0.2) is 52.7 Å². The number of ether oxygens (including phenoxy) is 2. The molecule has 0 fully saturated rings. The van der Waals surface area contributed by atoms with Gasteiger partial charge in [-0.15, -0.1) is 16.9 Å². The highest BCUT2D eigenvalue weighted by molar-refractivity contribution is 8.13. The molecule has 1 atom stereocenters. The Morgan fingerprint density at radius 3 is 2.55 bits per heavy atom. The zero-order chi connectivity index (χ0) is 24.3. The number of hydrogen-bond acceptors (Lipinski definition) is 7. The molecule has 2 rings (SSSR count). The van der Waals surface area contributed by atoms with E-state index in [1.807, 2.05) is 12.1 Å². The van der Waals surface area contributed by atoms with E-state index < -0.39 is 17.8 Å². The molecule has 180 valence electrons. The summed E-state index contributed by atoms with van der Waals surface area (Å²) >= 11 is 6.97. The number of aliphatic hydroxyl groups is 1. The van der Waals surface area contributed by atoms with E-state index in [1.165, 1.54) is 18.3 Å². The first kappa shape index (κ1) is 27.1. The van der Waals surface area contributed by atoms with Crippen molar-refractivity contribution in [2.24, 2.45) is 15.9 Å². The van der Waals surface area contributed by atoms with E-state index in [-0.39, 0.29) is 36.2 Å². The topological polar surface area (TPSA) is 89.4 Å². The lowest BCUT2D eigenvalue weighted by atomic mass is 10.1. The van der Waals surface area contributed by atoms with Crippen LogP contribution >= 0.6 is 23.4 Å². The van der Waals surface area contributed by atoms with Crippen molar-refractivity contribution in [1.82, 2.24) is 0 Å². The van der Waals surface area contributed by atoms with E-state index >= 15 is 0 Å². The van der Waals surface area contributed by atoms with Gasteiger partial charge in [-0.1, -0.05) is 23.7 Å². The summed E-state index contributed by atoms with van der Waals surface area (Å²) in [5.74, 6) is -0.293. The number of nitrogens with zero attached hydrogens (tertiary/aromatic N) is 2. The van der Waals surface area contributed by atoms with E-state index in [0.717, 1.165) is 23.4 Å². The van der Waals surface area contributed by atoms with Gasteiger partial charge in [0.15, 0.2) is 0 Å². The van der Waals surface area contributed by atoms with Gasteiger partial charge in [0.1, 0.15) is 17.4 Å². The highest BCUT2D eigenvalue weighted by atomic mass is 35.5. The van der Waals surface area contributed by atoms with E-state index in [4.69, 9.17) is 31.9 Å². The zero-order valence-corrected chi connectivity index (χ0v) is 19.5. The molecule has 1 unspecified atom stereocenters. The normalized spacial score (nSPS) is 13.5. The first-order valence-corrected chi connectivity index (χ1v) is 11.5. The summed E-state index contributed by atoms with van der Waals surface area (Å²) in [5.41, 5.74) is 5.86. The molecule has 33 heavy (non-hydrogen) atoms. The van der Waals surface area contributed by atoms with Crippen molar-refractivity contribution in [3.63, 3.8) is 0 Å². The number of alkyl halides is 3. The van der Waals surface area contributed by atoms with Gasteiger partial charge in [0, 0.05) is 16.8 Å². The van der Waals surface area contributed by atoms with Gasteiger partial charge in [0.05, 0.1) is 31.4 Å². The van der Waals surface area contributed by atoms with Gasteiger partial charge in [0.25, 0.3) is 0 Å². The zero-order valence-electron chi connectivity index (χ0n) is 17.9. The van der Waals surface area contributed by atoms with Gasteiger partial charge in [-0.3, -0.25) is 0 Å². The van der Waals surface area contributed by atoms with Crippen molar-refractivity contribution in [2.45, 2.75) is 18.6 Å². The van der Waals surface area contributed by atoms with E-state index in [2.05, 4.69) is 10.2 Å². The van der Waals surface area contributed by atoms with Crippen molar-refractivity contribution in [2.75, 3.05) is 32.7 Å². The molecule has 0 aliphatic rings. The fourth-order valence-corrected chi connectivity index (χ4v) is 3.22. The first-order chi connectivity index (χ1) is 15.7. The van der Waals surface area contributed by atoms with Crippen molar-refractivity contribution < 1.29 is 27.8 Å². The summed E-state index contributed by atoms with van der Waals surface area (Å²) in [7, 11) is 0. The third-order valence-electron chi connectivity index (χ3n) is 4.28. The Bertz CT molecular complexity index is 941. The number of thioether (sulfide) groups is 1. The number of halogens is 4. The summed E-state index contributed by atoms with van der Waals surface area (Å²) in [5, 5.41) is 17.4. The maximum absolute atomic E-state index is 13.6. The van der Waals surface area contributed by atoms with Crippen LogP contribution in [-0.4, -0.2) is 55.1 Å². The van der Waals surface area contributed by atoms with E-state index in [1.54, 1.807) is 18.4 Å². The van der Waals surface area contributed by atoms with Crippen LogP contribution in [0.5, 0.6) is 5.75 Å². The number of benzene rings is 2. The standard InChI is InChI=1S/C22H25ClF3N3O3S/c1-33-21(29-28-13-18(27)14-30)16-4-7-20(19(12-16)22(24,25)26)32-11-10-31-9-8-15-2-5-17(23)6-3-15/h2-7,12-13,18,30H,8-11,14,27H2,1H3/b28-13+,29-21-. The molecule has 0 bridgehead atoms. The van der Waals surface area contributed by atoms with Crippen LogP contribution in [0.2, 0.25) is 5.02 Å². The van der Waals surface area contributed by atoms with Crippen LogP contribution in [0.4, 0.5) is 13.2 Å². The lowest BCUT2D eigenvalue weighted by Crippen LogP contribution is -2.25. The Morgan fingerprint density at radius 1 is 1.18 bits per heavy atom. The van der Waals surface area contributed by atoms with Gasteiger partial charge >= 0.3 is 6.18 Å². The number of hydrogen-bond donors (Lipinski definition) is 2. The summed E-state index contributed by atoms with van der Waals surface area (Å²) in [6.45, 7) is 0.201. The van der Waals surface area contributed by atoms with Gasteiger partial charge in [0.2, 0.25) is 0 Å². The number of nitrogens with two attached hydrogens (primary N) is 1. The maximum Gasteiger partial charge on any atom is 0.419 e. The molecule has 0 saturated heterocycles. The summed E-state index contributed by atoms with van der Waals surface area (Å²) in [6, 6.07) is 10.3. The van der Waals surface area contributed by atoms with Gasteiger partial charge in [-0.25, -0.2) is 0 Å². The number of aliphatic hydroxyl groups excluding tert-OH is 1. The monoisotopic (exact) mass is 503 g/mol. The molecule has 0 radical (unpaired) electrons. The van der Waals surface area contributed by atoms with Crippen molar-refractivity contribution >= 4 is 34.6 Å². The Balaban J connectivity index is 1.98. The van der Waals surface area contributed by atoms with E-state index in [9.17, 15) is 13.2 Å². The molecular weight excluding hydrogens is 479 g/mol. The summed E-state index contributed by atoms with van der Waals surface area (Å²) < 4.78 is 51.6. The largest absolute Gasteiger partial charge is 0.491 e. The van der Waals surface area contributed by atoms with Crippen LogP contribution < -0.4 is 10.5 Å². The minimum Gasteiger partial charge on any atom is -0.491 e. The second kappa shape index (κ2) is 13.6. The SMILES string of the molecule is CS/C(=N\N=C\C(N)CO)c1ccc(OCCOCCc2ccc(Cl)cc2)c(C(F)(F)F)c1. The second-order valence-corrected chi connectivity index (χ2v) is 8.00. The molecule has 0 aliphatic carbocycles. The second-order valence-electron chi connectivity index (χ2n) is 6.77. The Labute approximate surface area is 199 Å². The van der Waals surface area contributed by atoms with Crippen LogP contribution in [0.3, 0.4) is 0 Å². The molecule has 2 aromatic carbocycles.